The van der Waals surface area contributed by atoms with Crippen molar-refractivity contribution < 1.29 is 14.3 Å². The number of carbonyl (C=O) groups is 1. The molecule has 0 aliphatic rings. The predicted octanol–water partition coefficient (Wildman–Crippen LogP) is 0.792. The molecule has 1 amide bonds. The molecule has 0 bridgehead atoms. The van der Waals surface area contributed by atoms with Crippen molar-refractivity contribution >= 4 is 17.7 Å². The van der Waals surface area contributed by atoms with E-state index < -0.39 is 0 Å². The molecule has 0 spiro atoms. The molecule has 1 unspecified atom stereocenters. The summed E-state index contributed by atoms with van der Waals surface area (Å²) < 4.78 is 10.0. The molecule has 1 aromatic rings. The van der Waals surface area contributed by atoms with Gasteiger partial charge in [-0.1, -0.05) is 0 Å². The Morgan fingerprint density at radius 1 is 1.41 bits per heavy atom. The van der Waals surface area contributed by atoms with Gasteiger partial charge < -0.3 is 9.47 Å². The van der Waals surface area contributed by atoms with Crippen molar-refractivity contribution in [2.75, 3.05) is 20.8 Å². The van der Waals surface area contributed by atoms with Gasteiger partial charge in [0.25, 0.3) is 0 Å². The molecule has 0 aliphatic heterocycles. The Bertz CT molecular complexity index is 356. The second kappa shape index (κ2) is 7.16. The standard InChI is InChI=1S/C11H16N2O3S/c1-15-7-10(11(14)13-12)17-9-5-3-8(16-2)4-6-9/h3-6,10H,7,12H2,1-2H3,(H,13,14). The smallest absolute Gasteiger partial charge is 0.249 e. The van der Waals surface area contributed by atoms with E-state index in [0.717, 1.165) is 10.6 Å². The van der Waals surface area contributed by atoms with Crippen molar-refractivity contribution in [2.45, 2.75) is 10.1 Å². The Morgan fingerprint density at radius 2 is 2.06 bits per heavy atom. The zero-order valence-corrected chi connectivity index (χ0v) is 10.6. The van der Waals surface area contributed by atoms with Gasteiger partial charge in [-0.05, 0) is 24.3 Å². The Kier molecular flexibility index (Phi) is 5.82. The van der Waals surface area contributed by atoms with E-state index in [1.165, 1.54) is 11.8 Å². The number of ether oxygens (including phenoxy) is 2. The van der Waals surface area contributed by atoms with Gasteiger partial charge in [-0.2, -0.15) is 0 Å². The van der Waals surface area contributed by atoms with Crippen molar-refractivity contribution in [1.29, 1.82) is 0 Å². The molecule has 1 atom stereocenters. The molecule has 0 saturated carbocycles. The molecular weight excluding hydrogens is 240 g/mol. The first kappa shape index (κ1) is 13.8. The number of rotatable bonds is 6. The first-order valence-corrected chi connectivity index (χ1v) is 5.89. The highest BCUT2D eigenvalue weighted by atomic mass is 32.2. The first-order chi connectivity index (χ1) is 8.21. The molecule has 0 radical (unpaired) electrons. The summed E-state index contributed by atoms with van der Waals surface area (Å²) in [6.07, 6.45) is 0. The van der Waals surface area contributed by atoms with Crippen LogP contribution in [0.2, 0.25) is 0 Å². The molecule has 3 N–H and O–H groups in total. The Morgan fingerprint density at radius 3 is 2.53 bits per heavy atom. The number of benzene rings is 1. The third-order valence-corrected chi connectivity index (χ3v) is 3.27. The van der Waals surface area contributed by atoms with Crippen molar-refractivity contribution in [1.82, 2.24) is 5.43 Å². The summed E-state index contributed by atoms with van der Waals surface area (Å²) in [6, 6.07) is 7.45. The van der Waals surface area contributed by atoms with Gasteiger partial charge in [0.1, 0.15) is 11.0 Å². The Labute approximate surface area is 105 Å². The number of nitrogens with one attached hydrogen (secondary N) is 1. The fourth-order valence-corrected chi connectivity index (χ4v) is 2.23. The van der Waals surface area contributed by atoms with Gasteiger partial charge in [0.05, 0.1) is 13.7 Å². The van der Waals surface area contributed by atoms with Gasteiger partial charge in [0.15, 0.2) is 0 Å². The van der Waals surface area contributed by atoms with Crippen molar-refractivity contribution in [3.8, 4) is 5.75 Å². The molecule has 0 aliphatic carbocycles. The quantitative estimate of drug-likeness (QED) is 0.341. The number of carbonyl (C=O) groups excluding carboxylic acids is 1. The molecule has 94 valence electrons. The minimum Gasteiger partial charge on any atom is -0.497 e. The SMILES string of the molecule is COCC(Sc1ccc(OC)cc1)C(=O)NN. The summed E-state index contributed by atoms with van der Waals surface area (Å²) >= 11 is 1.39. The van der Waals surface area contributed by atoms with Gasteiger partial charge in [-0.25, -0.2) is 5.84 Å². The number of amides is 1. The van der Waals surface area contributed by atoms with Crippen LogP contribution >= 0.6 is 11.8 Å². The minimum absolute atomic E-state index is 0.257. The number of hydrogen-bond acceptors (Lipinski definition) is 5. The van der Waals surface area contributed by atoms with Crippen LogP contribution in [0, 0.1) is 0 Å². The van der Waals surface area contributed by atoms with Crippen molar-refractivity contribution in [3.63, 3.8) is 0 Å². The predicted molar refractivity (Wildman–Crippen MR) is 66.8 cm³/mol. The Balaban J connectivity index is 2.68. The Hall–Kier alpha value is -1.24. The molecular formula is C11H16N2O3S. The molecule has 5 nitrogen and oxygen atoms in total. The largest absolute Gasteiger partial charge is 0.497 e. The highest BCUT2D eigenvalue weighted by molar-refractivity contribution is 8.00. The van der Waals surface area contributed by atoms with E-state index in [9.17, 15) is 4.79 Å². The molecule has 6 heteroatoms. The van der Waals surface area contributed by atoms with Crippen LogP contribution in [-0.4, -0.2) is 32.0 Å². The topological polar surface area (TPSA) is 73.6 Å². The number of thioether (sulfide) groups is 1. The lowest BCUT2D eigenvalue weighted by Crippen LogP contribution is -2.39. The minimum atomic E-state index is -0.363. The van der Waals surface area contributed by atoms with Gasteiger partial charge in [0, 0.05) is 12.0 Å². The normalized spacial score (nSPS) is 11.9. The van der Waals surface area contributed by atoms with Crippen LogP contribution in [0.1, 0.15) is 0 Å². The third kappa shape index (κ3) is 4.26. The van der Waals surface area contributed by atoms with Gasteiger partial charge in [-0.3, -0.25) is 10.2 Å². The maximum absolute atomic E-state index is 11.5. The van der Waals surface area contributed by atoms with E-state index in [1.54, 1.807) is 14.2 Å². The maximum Gasteiger partial charge on any atom is 0.249 e. The monoisotopic (exact) mass is 256 g/mol. The van der Waals surface area contributed by atoms with Gasteiger partial charge in [-0.15, -0.1) is 11.8 Å². The van der Waals surface area contributed by atoms with Crippen LogP contribution in [0.4, 0.5) is 0 Å². The summed E-state index contributed by atoms with van der Waals surface area (Å²) in [7, 11) is 3.16. The average Bonchev–Trinajstić information content (AvgIpc) is 2.38. The molecule has 0 heterocycles. The van der Waals surface area contributed by atoms with Gasteiger partial charge >= 0.3 is 0 Å². The van der Waals surface area contributed by atoms with E-state index in [2.05, 4.69) is 5.43 Å². The fourth-order valence-electron chi connectivity index (χ4n) is 1.23. The second-order valence-corrected chi connectivity index (χ2v) is 4.52. The molecule has 0 fully saturated rings. The summed E-state index contributed by atoms with van der Waals surface area (Å²) in [4.78, 5) is 12.4. The zero-order valence-electron chi connectivity index (χ0n) is 9.80. The number of methoxy groups -OCH3 is 2. The molecule has 0 saturated heterocycles. The van der Waals surface area contributed by atoms with Crippen molar-refractivity contribution in [3.05, 3.63) is 24.3 Å². The summed E-state index contributed by atoms with van der Waals surface area (Å²) in [5.74, 6) is 5.64. The molecule has 0 aromatic heterocycles. The number of hydrogen-bond donors (Lipinski definition) is 2. The number of nitrogens with two attached hydrogens (primary N) is 1. The van der Waals surface area contributed by atoms with Crippen LogP contribution in [-0.2, 0) is 9.53 Å². The van der Waals surface area contributed by atoms with Gasteiger partial charge in [0.2, 0.25) is 5.91 Å². The maximum atomic E-state index is 11.5. The van der Waals surface area contributed by atoms with Crippen LogP contribution < -0.4 is 16.0 Å². The molecule has 17 heavy (non-hydrogen) atoms. The fraction of sp³-hybridized carbons (Fsp3) is 0.364. The van der Waals surface area contributed by atoms with Crippen LogP contribution in [0.25, 0.3) is 0 Å². The van der Waals surface area contributed by atoms with E-state index in [1.807, 2.05) is 24.3 Å². The molecule has 1 aromatic carbocycles. The van der Waals surface area contributed by atoms with Crippen molar-refractivity contribution in [2.24, 2.45) is 5.84 Å². The zero-order chi connectivity index (χ0) is 12.7. The van der Waals surface area contributed by atoms with Crippen LogP contribution in [0.5, 0.6) is 5.75 Å². The number of hydrazine groups is 1. The van der Waals surface area contributed by atoms with E-state index in [-0.39, 0.29) is 11.2 Å². The van der Waals surface area contributed by atoms with Crippen LogP contribution in [0.15, 0.2) is 29.2 Å². The highest BCUT2D eigenvalue weighted by Crippen LogP contribution is 2.25. The lowest BCUT2D eigenvalue weighted by molar-refractivity contribution is -0.121. The summed E-state index contributed by atoms with van der Waals surface area (Å²) in [5.41, 5.74) is 2.13. The van der Waals surface area contributed by atoms with Crippen LogP contribution in [0.3, 0.4) is 0 Å². The molecule has 1 rings (SSSR count). The summed E-state index contributed by atoms with van der Waals surface area (Å²) in [6.45, 7) is 0.305. The second-order valence-electron chi connectivity index (χ2n) is 3.25. The van der Waals surface area contributed by atoms with E-state index in [0.29, 0.717) is 6.61 Å². The van der Waals surface area contributed by atoms with E-state index in [4.69, 9.17) is 15.3 Å². The lowest BCUT2D eigenvalue weighted by atomic mass is 10.3. The average molecular weight is 256 g/mol. The highest BCUT2D eigenvalue weighted by Gasteiger charge is 2.18. The first-order valence-electron chi connectivity index (χ1n) is 5.01. The summed E-state index contributed by atoms with van der Waals surface area (Å²) in [5, 5.41) is -0.363. The lowest BCUT2D eigenvalue weighted by Gasteiger charge is -2.13. The third-order valence-electron chi connectivity index (χ3n) is 2.09. The van der Waals surface area contributed by atoms with E-state index >= 15 is 0 Å².